The molecule has 0 spiro atoms. The highest BCUT2D eigenvalue weighted by molar-refractivity contribution is 5.83. The lowest BCUT2D eigenvalue weighted by molar-refractivity contribution is -0.137. The predicted octanol–water partition coefficient (Wildman–Crippen LogP) is 3.10. The first-order valence-corrected chi connectivity index (χ1v) is 6.61. The van der Waals surface area contributed by atoms with Crippen LogP contribution in [0.4, 0.5) is 13.2 Å². The van der Waals surface area contributed by atoms with Crippen LogP contribution in [0, 0.1) is 0 Å². The number of halogens is 3. The van der Waals surface area contributed by atoms with Gasteiger partial charge in [-0.2, -0.15) is 18.3 Å². The summed E-state index contributed by atoms with van der Waals surface area (Å²) in [6.07, 6.45) is -3.29. The molecule has 0 bridgehead atoms. The van der Waals surface area contributed by atoms with Crippen molar-refractivity contribution in [2.24, 2.45) is 5.10 Å². The van der Waals surface area contributed by atoms with Crippen LogP contribution in [0.3, 0.4) is 0 Å². The van der Waals surface area contributed by atoms with Crippen molar-refractivity contribution < 1.29 is 23.1 Å². The van der Waals surface area contributed by atoms with E-state index in [0.717, 1.165) is 12.1 Å². The van der Waals surface area contributed by atoms with E-state index in [1.165, 1.54) is 30.5 Å². The molecule has 0 unspecified atom stereocenters. The summed E-state index contributed by atoms with van der Waals surface area (Å²) in [6, 6.07) is 10.7. The fourth-order valence-electron chi connectivity index (χ4n) is 1.82. The Balaban J connectivity index is 1.93. The van der Waals surface area contributed by atoms with Gasteiger partial charge in [-0.3, -0.25) is 4.79 Å². The summed E-state index contributed by atoms with van der Waals surface area (Å²) < 4.78 is 37.7. The van der Waals surface area contributed by atoms with Crippen LogP contribution in [0.1, 0.15) is 16.7 Å². The van der Waals surface area contributed by atoms with E-state index < -0.39 is 17.6 Å². The number of alkyl halides is 3. The number of aromatic hydroxyl groups is 1. The highest BCUT2D eigenvalue weighted by Crippen LogP contribution is 2.29. The van der Waals surface area contributed by atoms with Gasteiger partial charge in [0, 0.05) is 0 Å². The third-order valence-corrected chi connectivity index (χ3v) is 2.91. The fourth-order valence-corrected chi connectivity index (χ4v) is 1.82. The monoisotopic (exact) mass is 322 g/mol. The third kappa shape index (κ3) is 5.14. The average molecular weight is 322 g/mol. The largest absolute Gasteiger partial charge is 0.508 e. The van der Waals surface area contributed by atoms with Crippen molar-refractivity contribution in [3.63, 3.8) is 0 Å². The highest BCUT2D eigenvalue weighted by atomic mass is 19.4. The molecule has 0 saturated heterocycles. The van der Waals surface area contributed by atoms with Crippen LogP contribution in [0.15, 0.2) is 53.6 Å². The number of nitrogens with zero attached hydrogens (tertiary/aromatic N) is 1. The smallest absolute Gasteiger partial charge is 0.416 e. The number of phenols is 1. The quantitative estimate of drug-likeness (QED) is 0.671. The highest BCUT2D eigenvalue weighted by Gasteiger charge is 2.30. The van der Waals surface area contributed by atoms with Gasteiger partial charge in [0.25, 0.3) is 0 Å². The van der Waals surface area contributed by atoms with E-state index in [1.54, 1.807) is 12.1 Å². The van der Waals surface area contributed by atoms with Crippen LogP contribution in [-0.4, -0.2) is 17.2 Å². The molecule has 2 rings (SSSR count). The van der Waals surface area contributed by atoms with E-state index >= 15 is 0 Å². The van der Waals surface area contributed by atoms with Gasteiger partial charge >= 0.3 is 6.18 Å². The average Bonchev–Trinajstić information content (AvgIpc) is 2.49. The summed E-state index contributed by atoms with van der Waals surface area (Å²) in [5, 5.41) is 12.8. The number of rotatable bonds is 4. The number of hydrazone groups is 1. The van der Waals surface area contributed by atoms with E-state index in [-0.39, 0.29) is 17.7 Å². The summed E-state index contributed by atoms with van der Waals surface area (Å²) in [5.41, 5.74) is 2.35. The van der Waals surface area contributed by atoms with E-state index in [4.69, 9.17) is 5.11 Å². The molecule has 0 fully saturated rings. The standard InChI is InChI=1S/C16H13F3N2O2/c17-16(18,19)13-3-1-2-12(8-13)9-15(23)21-20-10-11-4-6-14(22)7-5-11/h1-8,10,22H,9H2,(H,21,23)/b20-10-. The molecule has 0 atom stereocenters. The van der Waals surface area contributed by atoms with Crippen molar-refractivity contribution in [2.75, 3.05) is 0 Å². The molecule has 120 valence electrons. The number of benzene rings is 2. The maximum atomic E-state index is 12.6. The predicted molar refractivity (Wildman–Crippen MR) is 79.0 cm³/mol. The minimum atomic E-state index is -4.44. The Labute approximate surface area is 130 Å². The molecular formula is C16H13F3N2O2. The zero-order valence-electron chi connectivity index (χ0n) is 11.8. The van der Waals surface area contributed by atoms with Gasteiger partial charge in [0.1, 0.15) is 5.75 Å². The molecule has 0 aliphatic heterocycles. The van der Waals surface area contributed by atoms with Crippen molar-refractivity contribution in [2.45, 2.75) is 12.6 Å². The first-order chi connectivity index (χ1) is 10.8. The SMILES string of the molecule is O=C(Cc1cccc(C(F)(F)F)c1)N/N=C\c1ccc(O)cc1. The third-order valence-electron chi connectivity index (χ3n) is 2.91. The Kier molecular flexibility index (Phi) is 5.00. The second kappa shape index (κ2) is 6.95. The molecular weight excluding hydrogens is 309 g/mol. The van der Waals surface area contributed by atoms with E-state index in [9.17, 15) is 18.0 Å². The summed E-state index contributed by atoms with van der Waals surface area (Å²) in [5.74, 6) is -0.421. The van der Waals surface area contributed by atoms with Crippen molar-refractivity contribution in [1.29, 1.82) is 0 Å². The Morgan fingerprint density at radius 2 is 1.87 bits per heavy atom. The van der Waals surface area contributed by atoms with Gasteiger partial charge in [0.15, 0.2) is 0 Å². The Bertz CT molecular complexity index is 710. The van der Waals surface area contributed by atoms with Crippen LogP contribution in [0.25, 0.3) is 0 Å². The van der Waals surface area contributed by atoms with Crippen molar-refractivity contribution in [3.8, 4) is 5.75 Å². The van der Waals surface area contributed by atoms with Crippen LogP contribution < -0.4 is 5.43 Å². The van der Waals surface area contributed by atoms with Crippen molar-refractivity contribution in [3.05, 3.63) is 65.2 Å². The minimum Gasteiger partial charge on any atom is -0.508 e. The molecule has 2 N–H and O–H groups in total. The lowest BCUT2D eigenvalue weighted by atomic mass is 10.1. The maximum absolute atomic E-state index is 12.6. The molecule has 23 heavy (non-hydrogen) atoms. The van der Waals surface area contributed by atoms with Crippen LogP contribution >= 0.6 is 0 Å². The van der Waals surface area contributed by atoms with Crippen LogP contribution in [0.5, 0.6) is 5.75 Å². The fraction of sp³-hybridized carbons (Fsp3) is 0.125. The summed E-state index contributed by atoms with van der Waals surface area (Å²) in [7, 11) is 0. The number of nitrogens with one attached hydrogen (secondary N) is 1. The molecule has 1 amide bonds. The van der Waals surface area contributed by atoms with Crippen LogP contribution in [0.2, 0.25) is 0 Å². The summed E-state index contributed by atoms with van der Waals surface area (Å²) >= 11 is 0. The minimum absolute atomic E-state index is 0.107. The maximum Gasteiger partial charge on any atom is 0.416 e. The van der Waals surface area contributed by atoms with Gasteiger partial charge in [-0.15, -0.1) is 0 Å². The second-order valence-corrected chi connectivity index (χ2v) is 4.76. The molecule has 2 aromatic rings. The van der Waals surface area contributed by atoms with Gasteiger partial charge in [0.05, 0.1) is 18.2 Å². The number of amides is 1. The first kappa shape index (κ1) is 16.5. The summed E-state index contributed by atoms with van der Waals surface area (Å²) in [6.45, 7) is 0. The Hall–Kier alpha value is -2.83. The lowest BCUT2D eigenvalue weighted by Crippen LogP contribution is -2.20. The molecule has 2 aromatic carbocycles. The number of hydrogen-bond acceptors (Lipinski definition) is 3. The number of carbonyl (C=O) groups is 1. The first-order valence-electron chi connectivity index (χ1n) is 6.61. The topological polar surface area (TPSA) is 61.7 Å². The molecule has 0 aromatic heterocycles. The Morgan fingerprint density at radius 3 is 2.52 bits per heavy atom. The zero-order chi connectivity index (χ0) is 16.9. The van der Waals surface area contributed by atoms with E-state index in [1.807, 2.05) is 0 Å². The van der Waals surface area contributed by atoms with Gasteiger partial charge in [0.2, 0.25) is 5.91 Å². The molecule has 0 aliphatic carbocycles. The molecule has 7 heteroatoms. The lowest BCUT2D eigenvalue weighted by Gasteiger charge is -2.08. The normalized spacial score (nSPS) is 11.6. The molecule has 4 nitrogen and oxygen atoms in total. The molecule has 0 aliphatic rings. The van der Waals surface area contributed by atoms with E-state index in [0.29, 0.717) is 5.56 Å². The van der Waals surface area contributed by atoms with Gasteiger partial charge < -0.3 is 5.11 Å². The van der Waals surface area contributed by atoms with Gasteiger partial charge in [-0.05, 0) is 41.5 Å². The molecule has 0 radical (unpaired) electrons. The molecule has 0 saturated carbocycles. The van der Waals surface area contributed by atoms with E-state index in [2.05, 4.69) is 10.5 Å². The zero-order valence-corrected chi connectivity index (χ0v) is 11.8. The van der Waals surface area contributed by atoms with Gasteiger partial charge in [-0.25, -0.2) is 5.43 Å². The van der Waals surface area contributed by atoms with Crippen molar-refractivity contribution >= 4 is 12.1 Å². The van der Waals surface area contributed by atoms with Crippen LogP contribution in [-0.2, 0) is 17.4 Å². The number of carbonyl (C=O) groups excluding carboxylic acids is 1. The number of phenolic OH excluding ortho intramolecular Hbond substituents is 1. The van der Waals surface area contributed by atoms with Crippen molar-refractivity contribution in [1.82, 2.24) is 5.43 Å². The van der Waals surface area contributed by atoms with Gasteiger partial charge in [-0.1, -0.05) is 18.2 Å². The second-order valence-electron chi connectivity index (χ2n) is 4.76. The molecule has 0 heterocycles. The Morgan fingerprint density at radius 1 is 1.17 bits per heavy atom. The number of hydrogen-bond donors (Lipinski definition) is 2. The summed E-state index contributed by atoms with van der Waals surface area (Å²) in [4.78, 5) is 11.7.